The smallest absolute Gasteiger partial charge is 0.154 e. The first-order valence-electron chi connectivity index (χ1n) is 7.41. The number of hydrogen-bond donors (Lipinski definition) is 1. The number of benzene rings is 1. The Morgan fingerprint density at radius 3 is 2.62 bits per heavy atom. The summed E-state index contributed by atoms with van der Waals surface area (Å²) in [5.74, 6) is -0.627. The van der Waals surface area contributed by atoms with Crippen LogP contribution in [0.25, 0.3) is 11.1 Å². The van der Waals surface area contributed by atoms with Crippen molar-refractivity contribution < 1.29 is 13.5 Å². The number of aliphatic imine (C=N–C) groups is 1. The summed E-state index contributed by atoms with van der Waals surface area (Å²) in [6.45, 7) is 0.705. The molecule has 0 bridgehead atoms. The van der Waals surface area contributed by atoms with Crippen LogP contribution in [0.1, 0.15) is 5.56 Å². The predicted molar refractivity (Wildman–Crippen MR) is 102 cm³/mol. The van der Waals surface area contributed by atoms with Gasteiger partial charge in [0, 0.05) is 46.8 Å². The van der Waals surface area contributed by atoms with Crippen LogP contribution in [0.3, 0.4) is 0 Å². The minimum Gasteiger partial charge on any atom is -0.379 e. The zero-order chi connectivity index (χ0) is 16.7. The molecule has 0 aliphatic carbocycles. The van der Waals surface area contributed by atoms with E-state index >= 15 is 0 Å². The van der Waals surface area contributed by atoms with Crippen molar-refractivity contribution in [1.82, 2.24) is 9.97 Å². The number of halogens is 4. The molecule has 0 saturated carbocycles. The van der Waals surface area contributed by atoms with Gasteiger partial charge in [0.2, 0.25) is 0 Å². The highest BCUT2D eigenvalue weighted by molar-refractivity contribution is 8.13. The van der Waals surface area contributed by atoms with Gasteiger partial charge in [-0.1, -0.05) is 11.8 Å². The van der Waals surface area contributed by atoms with Crippen molar-refractivity contribution in [3.8, 4) is 11.1 Å². The molecule has 2 N–H and O–H groups in total. The zero-order valence-electron chi connectivity index (χ0n) is 13.4. The molecule has 0 unspecified atom stereocenters. The molecule has 0 spiro atoms. The van der Waals surface area contributed by atoms with Crippen molar-refractivity contribution in [1.29, 1.82) is 0 Å². The van der Waals surface area contributed by atoms with Crippen LogP contribution in [-0.4, -0.2) is 34.1 Å². The fourth-order valence-electron chi connectivity index (χ4n) is 3.23. The van der Waals surface area contributed by atoms with Gasteiger partial charge in [-0.3, -0.25) is 0 Å². The summed E-state index contributed by atoms with van der Waals surface area (Å²) in [5, 5.41) is 0.394. The lowest BCUT2D eigenvalue weighted by Crippen LogP contribution is -2.40. The zero-order valence-corrected chi connectivity index (χ0v) is 15.8. The van der Waals surface area contributed by atoms with Crippen molar-refractivity contribution >= 4 is 41.7 Å². The second-order valence-electron chi connectivity index (χ2n) is 5.84. The lowest BCUT2D eigenvalue weighted by Gasteiger charge is -2.34. The molecule has 0 radical (unpaired) electrons. The van der Waals surface area contributed by atoms with E-state index in [2.05, 4.69) is 15.0 Å². The van der Waals surface area contributed by atoms with Crippen LogP contribution in [0.5, 0.6) is 0 Å². The van der Waals surface area contributed by atoms with Gasteiger partial charge < -0.3 is 10.5 Å². The minimum atomic E-state index is -0.905. The summed E-state index contributed by atoms with van der Waals surface area (Å²) in [7, 11) is 0. The molecule has 140 valence electrons. The quantitative estimate of drug-likeness (QED) is 0.807. The van der Waals surface area contributed by atoms with E-state index in [0.29, 0.717) is 28.7 Å². The maximum Gasteiger partial charge on any atom is 0.154 e. The SMILES string of the molecule is Cl.Cl.NC1=N[C@@]2(c3cc(-c4cncnc4)c(F)cc3F)COC[C@H]2CS1. The third-order valence-electron chi connectivity index (χ3n) is 4.45. The lowest BCUT2D eigenvalue weighted by molar-refractivity contribution is 0.176. The topological polar surface area (TPSA) is 73.4 Å². The number of thioether (sulfide) groups is 1. The molecule has 2 aliphatic heterocycles. The van der Waals surface area contributed by atoms with E-state index in [9.17, 15) is 8.78 Å². The fraction of sp³-hybridized carbons (Fsp3) is 0.312. The highest BCUT2D eigenvalue weighted by Crippen LogP contribution is 2.46. The van der Waals surface area contributed by atoms with Crippen LogP contribution in [0.4, 0.5) is 8.78 Å². The molecule has 3 heterocycles. The third-order valence-corrected chi connectivity index (χ3v) is 5.41. The van der Waals surface area contributed by atoms with E-state index in [1.165, 1.54) is 36.5 Å². The molecule has 5 nitrogen and oxygen atoms in total. The molecule has 2 aliphatic rings. The summed E-state index contributed by atoms with van der Waals surface area (Å²) in [6.07, 6.45) is 4.33. The van der Waals surface area contributed by atoms with E-state index in [0.717, 1.165) is 6.07 Å². The van der Waals surface area contributed by atoms with Gasteiger partial charge in [-0.2, -0.15) is 0 Å². The maximum atomic E-state index is 14.6. The number of rotatable bonds is 2. The first-order valence-corrected chi connectivity index (χ1v) is 8.39. The Morgan fingerprint density at radius 2 is 1.88 bits per heavy atom. The van der Waals surface area contributed by atoms with Gasteiger partial charge in [0.25, 0.3) is 0 Å². The number of aromatic nitrogens is 2. The molecule has 1 aromatic carbocycles. The molecule has 0 amide bonds. The van der Waals surface area contributed by atoms with Gasteiger partial charge in [0.05, 0.1) is 13.2 Å². The number of hydrogen-bond acceptors (Lipinski definition) is 6. The molecule has 1 saturated heterocycles. The summed E-state index contributed by atoms with van der Waals surface area (Å²) < 4.78 is 34.5. The summed E-state index contributed by atoms with van der Waals surface area (Å²) in [4.78, 5) is 12.3. The average molecular weight is 421 g/mol. The first kappa shape index (κ1) is 20.8. The van der Waals surface area contributed by atoms with Crippen LogP contribution in [0.2, 0.25) is 0 Å². The van der Waals surface area contributed by atoms with Gasteiger partial charge >= 0.3 is 0 Å². The number of ether oxygens (including phenoxy) is 1. The van der Waals surface area contributed by atoms with Crippen LogP contribution >= 0.6 is 36.6 Å². The Kier molecular flexibility index (Phi) is 6.44. The molecule has 4 rings (SSSR count). The van der Waals surface area contributed by atoms with Crippen molar-refractivity contribution in [2.24, 2.45) is 16.6 Å². The van der Waals surface area contributed by atoms with Crippen LogP contribution in [0, 0.1) is 17.6 Å². The van der Waals surface area contributed by atoms with E-state index in [1.54, 1.807) is 0 Å². The van der Waals surface area contributed by atoms with Crippen molar-refractivity contribution in [2.75, 3.05) is 19.0 Å². The molecular weight excluding hydrogens is 405 g/mol. The third kappa shape index (κ3) is 3.38. The number of nitrogens with two attached hydrogens (primary N) is 1. The predicted octanol–water partition coefficient (Wildman–Crippen LogP) is 3.17. The van der Waals surface area contributed by atoms with E-state index in [-0.39, 0.29) is 42.9 Å². The van der Waals surface area contributed by atoms with Gasteiger partial charge in [0.1, 0.15) is 23.5 Å². The standard InChI is InChI=1S/C16H14F2N4OS.2ClH/c17-13-2-14(18)12(1-11(13)9-3-20-8-21-4-9)16-7-23-5-10(16)6-24-15(19)22-16;;/h1-4,8,10H,5-7H2,(H2,19,22);2*1H/t10-,16-;;/m0../s1. The Balaban J connectivity index is 0.00000121. The Morgan fingerprint density at radius 1 is 1.15 bits per heavy atom. The van der Waals surface area contributed by atoms with Gasteiger partial charge in [-0.25, -0.2) is 23.7 Å². The Hall–Kier alpha value is -1.48. The second-order valence-corrected chi connectivity index (χ2v) is 6.88. The highest BCUT2D eigenvalue weighted by atomic mass is 35.5. The van der Waals surface area contributed by atoms with E-state index < -0.39 is 17.2 Å². The van der Waals surface area contributed by atoms with Gasteiger partial charge in [-0.05, 0) is 6.07 Å². The molecular formula is C16H16Cl2F2N4OS. The largest absolute Gasteiger partial charge is 0.379 e. The Labute approximate surface area is 165 Å². The molecule has 26 heavy (non-hydrogen) atoms. The van der Waals surface area contributed by atoms with Crippen LogP contribution < -0.4 is 5.73 Å². The highest BCUT2D eigenvalue weighted by Gasteiger charge is 2.49. The Bertz CT molecular complexity index is 827. The van der Waals surface area contributed by atoms with Gasteiger partial charge in [0.15, 0.2) is 5.17 Å². The van der Waals surface area contributed by atoms with E-state index in [4.69, 9.17) is 10.5 Å². The summed E-state index contributed by atoms with van der Waals surface area (Å²) >= 11 is 1.43. The number of nitrogens with zero attached hydrogens (tertiary/aromatic N) is 3. The molecule has 1 aromatic heterocycles. The monoisotopic (exact) mass is 420 g/mol. The first-order chi connectivity index (χ1) is 11.6. The maximum absolute atomic E-state index is 14.6. The van der Waals surface area contributed by atoms with Gasteiger partial charge in [-0.15, -0.1) is 24.8 Å². The van der Waals surface area contributed by atoms with Crippen molar-refractivity contribution in [3.63, 3.8) is 0 Å². The molecule has 2 atom stereocenters. The van der Waals surface area contributed by atoms with Crippen molar-refractivity contribution in [2.45, 2.75) is 5.54 Å². The molecule has 10 heteroatoms. The van der Waals surface area contributed by atoms with Crippen molar-refractivity contribution in [3.05, 3.63) is 48.1 Å². The normalized spacial score (nSPS) is 24.1. The minimum absolute atomic E-state index is 0. The van der Waals surface area contributed by atoms with Crippen LogP contribution in [-0.2, 0) is 10.3 Å². The second kappa shape index (κ2) is 8.04. The molecule has 1 fully saturated rings. The lowest BCUT2D eigenvalue weighted by atomic mass is 9.80. The summed E-state index contributed by atoms with van der Waals surface area (Å²) in [6, 6.07) is 2.37. The number of amidine groups is 1. The summed E-state index contributed by atoms with van der Waals surface area (Å²) in [5.41, 5.74) is 5.99. The fourth-order valence-corrected chi connectivity index (χ4v) is 4.21. The molecule has 2 aromatic rings. The van der Waals surface area contributed by atoms with Crippen LogP contribution in [0.15, 0.2) is 35.8 Å². The van der Waals surface area contributed by atoms with E-state index in [1.807, 2.05) is 0 Å². The average Bonchev–Trinajstić information content (AvgIpc) is 2.99. The number of fused-ring (bicyclic) bond motifs is 1.